The van der Waals surface area contributed by atoms with Crippen LogP contribution in [0.1, 0.15) is 56.0 Å². The van der Waals surface area contributed by atoms with Crippen LogP contribution in [-0.4, -0.2) is 55.1 Å². The van der Waals surface area contributed by atoms with E-state index in [0.29, 0.717) is 23.5 Å². The Hall–Kier alpha value is -3.46. The highest BCUT2D eigenvalue weighted by Gasteiger charge is 1.91. The Morgan fingerprint density at radius 3 is 1.34 bits per heavy atom. The third-order valence-corrected chi connectivity index (χ3v) is 4.69. The molecule has 0 aromatic carbocycles. The van der Waals surface area contributed by atoms with E-state index in [4.69, 9.17) is 4.42 Å². The number of aromatic amines is 1. The fraction of sp³-hybridized carbons (Fsp3) is 0.500. The first kappa shape index (κ1) is 29.6. The second-order valence-electron chi connectivity index (χ2n) is 6.87. The van der Waals surface area contributed by atoms with Crippen LogP contribution in [0.3, 0.4) is 0 Å². The highest BCUT2D eigenvalue weighted by Crippen LogP contribution is 2.04. The molecule has 5 aromatic rings. The molecule has 190 valence electrons. The quantitative estimate of drug-likeness (QED) is 0.309. The van der Waals surface area contributed by atoms with Crippen molar-refractivity contribution in [1.29, 1.82) is 0 Å². The predicted octanol–water partition coefficient (Wildman–Crippen LogP) is 4.10. The highest BCUT2D eigenvalue weighted by molar-refractivity contribution is 7.11. The van der Waals surface area contributed by atoms with Crippen molar-refractivity contribution >= 4 is 22.9 Å². The van der Waals surface area contributed by atoms with Gasteiger partial charge in [-0.2, -0.15) is 14.5 Å². The molecule has 1 N–H and O–H groups in total. The first-order valence-electron chi connectivity index (χ1n) is 10.4. The van der Waals surface area contributed by atoms with Gasteiger partial charge in [0.1, 0.15) is 32.5 Å². The second-order valence-corrected chi connectivity index (χ2v) is 9.21. The molecule has 0 bridgehead atoms. The summed E-state index contributed by atoms with van der Waals surface area (Å²) in [5.41, 5.74) is 0. The van der Waals surface area contributed by atoms with E-state index < -0.39 is 0 Å². The summed E-state index contributed by atoms with van der Waals surface area (Å²) in [7, 11) is 0. The van der Waals surface area contributed by atoms with E-state index in [0.717, 1.165) is 32.5 Å². The summed E-state index contributed by atoms with van der Waals surface area (Å²) in [6.45, 7) is 18.5. The standard InChI is InChI=1S/C4H7N3.2C4H6N2O.2C4H6N2S/c1-3-5-4(2)7-6-3;1-3-5-6-4(2)7-3;1-3-5-4(2)7-6-3;1-3-5-6-4(2)7-3;1-3-5-4(2)7-6-3/h1-2H3,(H,5,6,7);4*1-2H3. The maximum absolute atomic E-state index is 4.86. The van der Waals surface area contributed by atoms with Gasteiger partial charge < -0.3 is 8.94 Å². The molecule has 15 heteroatoms. The molecule has 0 saturated carbocycles. The number of nitrogens with zero attached hydrogens (tertiary/aromatic N) is 10. The lowest BCUT2D eigenvalue weighted by molar-refractivity contribution is 0.389. The molecule has 0 spiro atoms. The zero-order chi connectivity index (χ0) is 26.4. The Balaban J connectivity index is 0.000000219. The van der Waals surface area contributed by atoms with Crippen molar-refractivity contribution in [1.82, 2.24) is 55.1 Å². The fourth-order valence-electron chi connectivity index (χ4n) is 2.05. The molecule has 0 amide bonds. The molecular formula is C20H31N11O2S2. The van der Waals surface area contributed by atoms with Crippen molar-refractivity contribution in [3.63, 3.8) is 0 Å². The van der Waals surface area contributed by atoms with E-state index in [1.807, 2.05) is 41.5 Å². The van der Waals surface area contributed by atoms with Crippen LogP contribution in [-0.2, 0) is 0 Å². The van der Waals surface area contributed by atoms with Crippen molar-refractivity contribution in [2.75, 3.05) is 0 Å². The van der Waals surface area contributed by atoms with Crippen molar-refractivity contribution in [2.24, 2.45) is 0 Å². The van der Waals surface area contributed by atoms with E-state index in [-0.39, 0.29) is 0 Å². The number of hydrogen-bond acceptors (Lipinski definition) is 14. The summed E-state index contributed by atoms with van der Waals surface area (Å²) < 4.78 is 13.4. The van der Waals surface area contributed by atoms with E-state index in [1.165, 1.54) is 11.5 Å². The molecule has 0 aliphatic carbocycles. The van der Waals surface area contributed by atoms with E-state index in [9.17, 15) is 0 Å². The molecule has 0 aliphatic rings. The molecular weight excluding hydrogens is 490 g/mol. The molecule has 0 fully saturated rings. The normalized spacial score (nSPS) is 9.43. The van der Waals surface area contributed by atoms with E-state index in [2.05, 4.69) is 59.6 Å². The number of aromatic nitrogens is 11. The zero-order valence-electron chi connectivity index (χ0n) is 21.6. The molecule has 5 rings (SSSR count). The molecule has 0 unspecified atom stereocenters. The van der Waals surface area contributed by atoms with Gasteiger partial charge in [0, 0.05) is 20.8 Å². The largest absolute Gasteiger partial charge is 0.426 e. The Kier molecular flexibility index (Phi) is 13.0. The van der Waals surface area contributed by atoms with Gasteiger partial charge in [0.2, 0.25) is 17.7 Å². The van der Waals surface area contributed by atoms with Gasteiger partial charge in [-0.05, 0) is 60.0 Å². The van der Waals surface area contributed by atoms with Crippen molar-refractivity contribution < 1.29 is 8.94 Å². The lowest BCUT2D eigenvalue weighted by Gasteiger charge is -1.70. The minimum absolute atomic E-state index is 0.623. The molecule has 13 nitrogen and oxygen atoms in total. The smallest absolute Gasteiger partial charge is 0.223 e. The van der Waals surface area contributed by atoms with Crippen LogP contribution in [0.25, 0.3) is 0 Å². The van der Waals surface area contributed by atoms with Gasteiger partial charge in [0.25, 0.3) is 0 Å². The Bertz CT molecular complexity index is 935. The fourth-order valence-corrected chi connectivity index (χ4v) is 3.12. The number of aryl methyl sites for hydroxylation is 10. The monoisotopic (exact) mass is 521 g/mol. The van der Waals surface area contributed by atoms with Gasteiger partial charge in [0.15, 0.2) is 5.82 Å². The molecule has 0 radical (unpaired) electrons. The van der Waals surface area contributed by atoms with Crippen LogP contribution >= 0.6 is 22.9 Å². The van der Waals surface area contributed by atoms with Crippen molar-refractivity contribution in [3.05, 3.63) is 56.0 Å². The summed E-state index contributed by atoms with van der Waals surface area (Å²) in [6.07, 6.45) is 0. The maximum Gasteiger partial charge on any atom is 0.223 e. The Labute approximate surface area is 212 Å². The Morgan fingerprint density at radius 2 is 1.20 bits per heavy atom. The molecule has 0 atom stereocenters. The maximum atomic E-state index is 4.86. The van der Waals surface area contributed by atoms with Crippen LogP contribution in [0.4, 0.5) is 0 Å². The summed E-state index contributed by atoms with van der Waals surface area (Å²) in [4.78, 5) is 11.8. The van der Waals surface area contributed by atoms with Crippen molar-refractivity contribution in [2.45, 2.75) is 69.2 Å². The molecule has 5 aromatic heterocycles. The average molecular weight is 522 g/mol. The lowest BCUT2D eigenvalue weighted by atomic mass is 10.7. The second kappa shape index (κ2) is 15.4. The van der Waals surface area contributed by atoms with E-state index in [1.54, 1.807) is 39.0 Å². The summed E-state index contributed by atoms with van der Waals surface area (Å²) >= 11 is 3.06. The van der Waals surface area contributed by atoms with Gasteiger partial charge in [0.05, 0.1) is 0 Å². The van der Waals surface area contributed by atoms with E-state index >= 15 is 0 Å². The number of nitrogens with one attached hydrogen (secondary N) is 1. The van der Waals surface area contributed by atoms with Gasteiger partial charge in [-0.1, -0.05) is 5.16 Å². The summed E-state index contributed by atoms with van der Waals surface area (Å²) in [6, 6.07) is 0. The van der Waals surface area contributed by atoms with Gasteiger partial charge >= 0.3 is 0 Å². The van der Waals surface area contributed by atoms with Crippen LogP contribution in [0.2, 0.25) is 0 Å². The molecule has 35 heavy (non-hydrogen) atoms. The lowest BCUT2D eigenvalue weighted by Crippen LogP contribution is -1.70. The Morgan fingerprint density at radius 1 is 0.600 bits per heavy atom. The minimum Gasteiger partial charge on any atom is -0.426 e. The van der Waals surface area contributed by atoms with Crippen molar-refractivity contribution in [3.8, 4) is 0 Å². The number of H-pyrrole nitrogens is 1. The van der Waals surface area contributed by atoms with Crippen LogP contribution in [0.15, 0.2) is 8.94 Å². The first-order chi connectivity index (χ1) is 16.4. The van der Waals surface area contributed by atoms with Gasteiger partial charge in [-0.15, -0.1) is 31.7 Å². The first-order valence-corrected chi connectivity index (χ1v) is 12.0. The number of rotatable bonds is 0. The minimum atomic E-state index is 0.623. The van der Waals surface area contributed by atoms with Gasteiger partial charge in [-0.3, -0.25) is 5.10 Å². The average Bonchev–Trinajstić information content (AvgIpc) is 3.59. The van der Waals surface area contributed by atoms with Crippen LogP contribution in [0.5, 0.6) is 0 Å². The summed E-state index contributed by atoms with van der Waals surface area (Å²) in [5, 5.41) is 27.9. The zero-order valence-corrected chi connectivity index (χ0v) is 23.2. The highest BCUT2D eigenvalue weighted by atomic mass is 32.1. The third kappa shape index (κ3) is 14.4. The molecule has 0 aliphatic heterocycles. The summed E-state index contributed by atoms with van der Waals surface area (Å²) in [5.74, 6) is 5.11. The topological polar surface area (TPSA) is 171 Å². The van der Waals surface area contributed by atoms with Gasteiger partial charge in [-0.25, -0.2) is 9.97 Å². The predicted molar refractivity (Wildman–Crippen MR) is 132 cm³/mol. The molecule has 5 heterocycles. The van der Waals surface area contributed by atoms with Crippen LogP contribution in [0, 0.1) is 69.2 Å². The number of hydrogen-bond donors (Lipinski definition) is 1. The molecule has 0 saturated heterocycles. The third-order valence-electron chi connectivity index (χ3n) is 3.22. The SMILES string of the molecule is Cc1n[nH]c(C)n1.Cc1nnc(C)o1.Cc1nnc(C)s1.Cc1noc(C)n1.Cc1nsc(C)n1. The van der Waals surface area contributed by atoms with Crippen LogP contribution < -0.4 is 0 Å².